The van der Waals surface area contributed by atoms with Gasteiger partial charge in [0.2, 0.25) is 5.78 Å². The Kier molecular flexibility index (Phi) is 4.15. The Bertz CT molecular complexity index is 1020. The highest BCUT2D eigenvalue weighted by atomic mass is 19.4. The first-order chi connectivity index (χ1) is 11.9. The lowest BCUT2D eigenvalue weighted by Crippen LogP contribution is -2.05. The number of Topliss-reactive ketones (excluding diaryl/α,β-unsaturated/α-hetero) is 1. The number of nitriles is 1. The number of allylic oxidation sites excluding steroid dienone is 1. The molecule has 0 aliphatic heterocycles. The molecular weight excluding hydrogens is 329 g/mol. The molecule has 0 saturated carbocycles. The Morgan fingerprint density at radius 1 is 1.12 bits per heavy atom. The second kappa shape index (κ2) is 6.29. The number of aromatic amines is 1. The summed E-state index contributed by atoms with van der Waals surface area (Å²) in [4.78, 5) is 15.5. The first-order valence-corrected chi connectivity index (χ1v) is 7.30. The number of halogens is 3. The van der Waals surface area contributed by atoms with Gasteiger partial charge >= 0.3 is 6.18 Å². The van der Waals surface area contributed by atoms with Crippen LogP contribution in [0.15, 0.2) is 60.3 Å². The van der Waals surface area contributed by atoms with Crippen molar-refractivity contribution in [1.82, 2.24) is 4.98 Å². The third kappa shape index (κ3) is 3.31. The molecule has 0 spiro atoms. The predicted octanol–water partition coefficient (Wildman–Crippen LogP) is 4.98. The van der Waals surface area contributed by atoms with E-state index in [9.17, 15) is 23.2 Å². The van der Waals surface area contributed by atoms with Crippen molar-refractivity contribution in [3.63, 3.8) is 0 Å². The van der Waals surface area contributed by atoms with E-state index in [1.54, 1.807) is 30.3 Å². The van der Waals surface area contributed by atoms with E-state index in [-0.39, 0.29) is 11.1 Å². The number of nitrogens with one attached hydrogen (secondary N) is 1. The fourth-order valence-corrected chi connectivity index (χ4v) is 2.52. The van der Waals surface area contributed by atoms with Gasteiger partial charge in [0.25, 0.3) is 0 Å². The van der Waals surface area contributed by atoms with Gasteiger partial charge < -0.3 is 4.98 Å². The molecule has 3 nitrogen and oxygen atoms in total. The Morgan fingerprint density at radius 2 is 1.88 bits per heavy atom. The summed E-state index contributed by atoms with van der Waals surface area (Å²) in [6.45, 7) is 0. The summed E-state index contributed by atoms with van der Waals surface area (Å²) in [6.07, 6.45) is -1.83. The number of benzene rings is 2. The molecule has 0 atom stereocenters. The van der Waals surface area contributed by atoms with Gasteiger partial charge in [-0.05, 0) is 29.8 Å². The van der Waals surface area contributed by atoms with Crippen LogP contribution in [0.25, 0.3) is 17.0 Å². The van der Waals surface area contributed by atoms with Gasteiger partial charge in [0.1, 0.15) is 11.6 Å². The van der Waals surface area contributed by atoms with Gasteiger partial charge in [-0.3, -0.25) is 4.79 Å². The van der Waals surface area contributed by atoms with E-state index in [0.717, 1.165) is 17.6 Å². The van der Waals surface area contributed by atoms with E-state index in [4.69, 9.17) is 0 Å². The lowest BCUT2D eigenvalue weighted by atomic mass is 10.0. The van der Waals surface area contributed by atoms with E-state index >= 15 is 0 Å². The summed E-state index contributed by atoms with van der Waals surface area (Å²) in [5.41, 5.74) is 0.110. The van der Waals surface area contributed by atoms with Gasteiger partial charge in [-0.15, -0.1) is 0 Å². The minimum atomic E-state index is -4.49. The Morgan fingerprint density at radius 3 is 2.60 bits per heavy atom. The molecule has 0 amide bonds. The number of H-pyrrole nitrogens is 1. The van der Waals surface area contributed by atoms with E-state index in [1.807, 2.05) is 0 Å². The fourth-order valence-electron chi connectivity index (χ4n) is 2.52. The quantitative estimate of drug-likeness (QED) is 0.415. The van der Waals surface area contributed by atoms with Crippen LogP contribution in [0.2, 0.25) is 0 Å². The highest BCUT2D eigenvalue weighted by Crippen LogP contribution is 2.30. The number of ketones is 1. The number of hydrogen-bond acceptors (Lipinski definition) is 2. The smallest absolute Gasteiger partial charge is 0.360 e. The zero-order valence-corrected chi connectivity index (χ0v) is 12.8. The Balaban J connectivity index is 2.01. The van der Waals surface area contributed by atoms with Crippen LogP contribution in [0.3, 0.4) is 0 Å². The maximum Gasteiger partial charge on any atom is 0.416 e. The van der Waals surface area contributed by atoms with Gasteiger partial charge in [-0.2, -0.15) is 18.4 Å². The summed E-state index contributed by atoms with van der Waals surface area (Å²) in [5.74, 6) is -0.544. The van der Waals surface area contributed by atoms with E-state index < -0.39 is 17.5 Å². The van der Waals surface area contributed by atoms with Gasteiger partial charge in [0, 0.05) is 22.7 Å². The number of hydrogen-bond donors (Lipinski definition) is 1. The number of fused-ring (bicyclic) bond motifs is 1. The van der Waals surface area contributed by atoms with Gasteiger partial charge in [0.15, 0.2) is 0 Å². The van der Waals surface area contributed by atoms with E-state index in [0.29, 0.717) is 10.9 Å². The van der Waals surface area contributed by atoms with Crippen LogP contribution in [0, 0.1) is 11.3 Å². The third-order valence-electron chi connectivity index (χ3n) is 3.72. The third-order valence-corrected chi connectivity index (χ3v) is 3.72. The van der Waals surface area contributed by atoms with Crippen molar-refractivity contribution in [2.45, 2.75) is 6.18 Å². The number of carbonyl (C=O) groups excluding carboxylic acids is 1. The molecule has 0 radical (unpaired) electrons. The van der Waals surface area contributed by atoms with Crippen molar-refractivity contribution in [3.05, 3.63) is 77.0 Å². The summed E-state index contributed by atoms with van der Waals surface area (Å²) < 4.78 is 38.4. The largest absolute Gasteiger partial charge is 0.416 e. The van der Waals surface area contributed by atoms with Crippen LogP contribution < -0.4 is 0 Å². The topological polar surface area (TPSA) is 56.6 Å². The molecule has 0 aliphatic carbocycles. The number of nitrogens with zero attached hydrogens (tertiary/aromatic N) is 1. The van der Waals surface area contributed by atoms with Crippen molar-refractivity contribution >= 4 is 22.8 Å². The van der Waals surface area contributed by atoms with Crippen LogP contribution in [-0.2, 0) is 6.18 Å². The molecule has 6 heteroatoms. The standard InChI is InChI=1S/C19H11F3N2O/c20-19(21,22)14-5-3-4-12(9-14)8-13(10-23)18(25)16-11-24-17-7-2-1-6-15(16)17/h1-9,11,24H/b13-8+. The van der Waals surface area contributed by atoms with Crippen LogP contribution in [0.4, 0.5) is 13.2 Å². The van der Waals surface area contributed by atoms with Gasteiger partial charge in [-0.25, -0.2) is 0 Å². The van der Waals surface area contributed by atoms with Crippen molar-refractivity contribution in [2.75, 3.05) is 0 Å². The van der Waals surface area contributed by atoms with Crippen LogP contribution in [0.5, 0.6) is 0 Å². The second-order valence-corrected chi connectivity index (χ2v) is 5.37. The number of alkyl halides is 3. The highest BCUT2D eigenvalue weighted by Gasteiger charge is 2.30. The van der Waals surface area contributed by atoms with Crippen molar-refractivity contribution in [1.29, 1.82) is 5.26 Å². The molecule has 3 rings (SSSR count). The SMILES string of the molecule is N#C/C(=C\c1cccc(C(F)(F)F)c1)C(=O)c1c[nH]c2ccccc12. The maximum atomic E-state index is 12.8. The summed E-state index contributed by atoms with van der Waals surface area (Å²) in [7, 11) is 0. The molecule has 25 heavy (non-hydrogen) atoms. The van der Waals surface area contributed by atoms with E-state index in [2.05, 4.69) is 4.98 Å². The van der Waals surface area contributed by atoms with Crippen LogP contribution in [-0.4, -0.2) is 10.8 Å². The minimum absolute atomic E-state index is 0.138. The average Bonchev–Trinajstić information content (AvgIpc) is 3.02. The minimum Gasteiger partial charge on any atom is -0.360 e. The predicted molar refractivity (Wildman–Crippen MR) is 87.7 cm³/mol. The molecule has 0 saturated heterocycles. The summed E-state index contributed by atoms with van der Waals surface area (Å²) in [5, 5.41) is 9.94. The number of para-hydroxylation sites is 1. The molecule has 3 aromatic rings. The molecular formula is C19H11F3N2O. The molecule has 1 N–H and O–H groups in total. The molecule has 1 aromatic heterocycles. The number of rotatable bonds is 3. The molecule has 0 aliphatic rings. The normalized spacial score (nSPS) is 12.2. The maximum absolute atomic E-state index is 12.8. The summed E-state index contributed by atoms with van der Waals surface area (Å²) in [6, 6.07) is 13.3. The molecule has 0 fully saturated rings. The highest BCUT2D eigenvalue weighted by molar-refractivity contribution is 6.19. The van der Waals surface area contributed by atoms with Crippen molar-refractivity contribution < 1.29 is 18.0 Å². The molecule has 0 unspecified atom stereocenters. The zero-order valence-electron chi connectivity index (χ0n) is 12.8. The summed E-state index contributed by atoms with van der Waals surface area (Å²) >= 11 is 0. The first kappa shape index (κ1) is 16.5. The molecule has 0 bridgehead atoms. The van der Waals surface area contributed by atoms with Crippen molar-refractivity contribution in [3.8, 4) is 6.07 Å². The van der Waals surface area contributed by atoms with Gasteiger partial charge in [-0.1, -0.05) is 30.3 Å². The second-order valence-electron chi connectivity index (χ2n) is 5.37. The molecule has 124 valence electrons. The Labute approximate surface area is 141 Å². The van der Waals surface area contributed by atoms with E-state index in [1.165, 1.54) is 24.4 Å². The number of aromatic nitrogens is 1. The molecule has 2 aromatic carbocycles. The lowest BCUT2D eigenvalue weighted by Gasteiger charge is -2.07. The van der Waals surface area contributed by atoms with Crippen LogP contribution in [0.1, 0.15) is 21.5 Å². The fraction of sp³-hybridized carbons (Fsp3) is 0.0526. The lowest BCUT2D eigenvalue weighted by molar-refractivity contribution is -0.137. The van der Waals surface area contributed by atoms with Crippen LogP contribution >= 0.6 is 0 Å². The Hall–Kier alpha value is -3.33. The molecule has 1 heterocycles. The average molecular weight is 340 g/mol. The van der Waals surface area contributed by atoms with Gasteiger partial charge in [0.05, 0.1) is 5.56 Å². The zero-order chi connectivity index (χ0) is 18.0. The monoisotopic (exact) mass is 340 g/mol. The van der Waals surface area contributed by atoms with Crippen molar-refractivity contribution in [2.24, 2.45) is 0 Å². The number of carbonyl (C=O) groups is 1. The first-order valence-electron chi connectivity index (χ1n) is 7.30.